The second-order valence-corrected chi connectivity index (χ2v) is 11.4. The van der Waals surface area contributed by atoms with Gasteiger partial charge in [0.15, 0.2) is 5.96 Å². The number of fused-ring (bicyclic) bond motifs is 1. The Labute approximate surface area is 281 Å². The van der Waals surface area contributed by atoms with Crippen LogP contribution in [0.1, 0.15) is 61.6 Å². The van der Waals surface area contributed by atoms with E-state index in [1.807, 2.05) is 49.4 Å². The quantitative estimate of drug-likeness (QED) is 0.0432. The number of alkyl halides is 3. The number of nitrogens with zero attached hydrogens (tertiary/aromatic N) is 1. The maximum absolute atomic E-state index is 14.0. The molecule has 0 aliphatic carbocycles. The number of nitrogens with two attached hydrogens (primary N) is 3. The van der Waals surface area contributed by atoms with Crippen LogP contribution in [0.4, 0.5) is 13.2 Å². The summed E-state index contributed by atoms with van der Waals surface area (Å²) >= 11 is 0. The van der Waals surface area contributed by atoms with Gasteiger partial charge in [-0.3, -0.25) is 20.0 Å². The number of amides is 2. The Morgan fingerprint density at radius 3 is 2.10 bits per heavy atom. The number of nitrogens with one attached hydrogen (secondary N) is 3. The first kappa shape index (κ1) is 38.0. The van der Waals surface area contributed by atoms with Gasteiger partial charge in [-0.15, -0.1) is 0 Å². The molecule has 0 radical (unpaired) electrons. The number of guanidine groups is 1. The molecule has 3 aromatic rings. The van der Waals surface area contributed by atoms with Crippen molar-refractivity contribution in [2.24, 2.45) is 22.2 Å². The van der Waals surface area contributed by atoms with Crippen molar-refractivity contribution in [2.75, 3.05) is 6.54 Å². The Morgan fingerprint density at radius 1 is 0.857 bits per heavy atom. The number of carbonyl (C=O) groups is 4. The Hall–Kier alpha value is -5.47. The van der Waals surface area contributed by atoms with Crippen LogP contribution in [0.25, 0.3) is 10.8 Å². The van der Waals surface area contributed by atoms with E-state index in [1.165, 1.54) is 0 Å². The molecule has 0 spiro atoms. The molecule has 0 fully saturated rings. The van der Waals surface area contributed by atoms with Crippen molar-refractivity contribution in [3.63, 3.8) is 0 Å². The molecule has 0 aliphatic rings. The third-order valence-corrected chi connectivity index (χ3v) is 7.65. The number of benzene rings is 3. The van der Waals surface area contributed by atoms with Crippen LogP contribution in [0.15, 0.2) is 71.7 Å². The van der Waals surface area contributed by atoms with Gasteiger partial charge in [0.1, 0.15) is 17.9 Å². The fourth-order valence-electron chi connectivity index (χ4n) is 5.04. The van der Waals surface area contributed by atoms with Crippen molar-refractivity contribution in [1.29, 1.82) is 5.41 Å². The number of aliphatic imine (C=N–C) groups is 1. The van der Waals surface area contributed by atoms with Gasteiger partial charge < -0.3 is 32.6 Å². The van der Waals surface area contributed by atoms with Crippen LogP contribution in [-0.4, -0.2) is 60.4 Å². The lowest BCUT2D eigenvalue weighted by atomic mass is 9.89. The molecule has 12 nitrogen and oxygen atoms in total. The van der Waals surface area contributed by atoms with Crippen molar-refractivity contribution >= 4 is 46.3 Å². The molecule has 15 heteroatoms. The average Bonchev–Trinajstić information content (AvgIpc) is 3.06. The lowest BCUT2D eigenvalue weighted by Gasteiger charge is -2.25. The van der Waals surface area contributed by atoms with E-state index in [0.717, 1.165) is 16.3 Å². The van der Waals surface area contributed by atoms with Gasteiger partial charge in [0, 0.05) is 12.1 Å². The van der Waals surface area contributed by atoms with Crippen molar-refractivity contribution < 1.29 is 37.1 Å². The van der Waals surface area contributed by atoms with Gasteiger partial charge >= 0.3 is 18.1 Å². The van der Waals surface area contributed by atoms with E-state index in [-0.39, 0.29) is 44.0 Å². The highest BCUT2D eigenvalue weighted by molar-refractivity contribution is 5.96. The molecule has 2 amide bonds. The van der Waals surface area contributed by atoms with E-state index in [1.54, 1.807) is 24.3 Å². The molecule has 0 aromatic heterocycles. The fourth-order valence-corrected chi connectivity index (χ4v) is 5.04. The highest BCUT2D eigenvalue weighted by Gasteiger charge is 2.43. The van der Waals surface area contributed by atoms with Gasteiger partial charge in [0.25, 0.3) is 0 Å². The number of rotatable bonds is 16. The molecule has 0 unspecified atom stereocenters. The van der Waals surface area contributed by atoms with Crippen LogP contribution in [0.5, 0.6) is 0 Å². The molecule has 0 heterocycles. The number of hydrogen-bond donors (Lipinski definition) is 6. The van der Waals surface area contributed by atoms with Gasteiger partial charge in [-0.1, -0.05) is 86.5 Å². The largest absolute Gasteiger partial charge is 0.491 e. The average molecular weight is 684 g/mol. The first-order valence-corrected chi connectivity index (χ1v) is 15.6. The zero-order valence-electron chi connectivity index (χ0n) is 26.9. The monoisotopic (exact) mass is 683 g/mol. The molecular weight excluding hydrogens is 643 g/mol. The molecule has 49 heavy (non-hydrogen) atoms. The number of carbonyl (C=O) groups excluding carboxylic acids is 4. The third kappa shape index (κ3) is 11.6. The van der Waals surface area contributed by atoms with Gasteiger partial charge in [0.05, 0.1) is 5.92 Å². The first-order valence-electron chi connectivity index (χ1n) is 15.6. The van der Waals surface area contributed by atoms with E-state index in [0.29, 0.717) is 24.0 Å². The van der Waals surface area contributed by atoms with Crippen LogP contribution in [-0.2, 0) is 30.3 Å². The first-order chi connectivity index (χ1) is 23.2. The lowest BCUT2D eigenvalue weighted by Crippen LogP contribution is -2.53. The summed E-state index contributed by atoms with van der Waals surface area (Å²) in [5.41, 5.74) is 18.1. The Kier molecular flexibility index (Phi) is 13.7. The predicted octanol–water partition coefficient (Wildman–Crippen LogP) is 3.30. The second kappa shape index (κ2) is 17.6. The normalized spacial score (nSPS) is 13.1. The fraction of sp³-hybridized carbons (Fsp3) is 0.353. The number of unbranched alkanes of at least 4 members (excludes halogenated alkanes) is 1. The number of esters is 2. The number of hydrogen-bond acceptors (Lipinski definition) is 7. The zero-order chi connectivity index (χ0) is 36.1. The molecule has 262 valence electrons. The maximum Gasteiger partial charge on any atom is 0.491 e. The lowest BCUT2D eigenvalue weighted by molar-refractivity contribution is -0.202. The van der Waals surface area contributed by atoms with Crippen molar-refractivity contribution in [2.45, 2.75) is 69.6 Å². The summed E-state index contributed by atoms with van der Waals surface area (Å²) in [6.45, 7) is 1.85. The third-order valence-electron chi connectivity index (χ3n) is 7.65. The smallest absolute Gasteiger partial charge is 0.385 e. The van der Waals surface area contributed by atoms with Gasteiger partial charge in [-0.05, 0) is 47.6 Å². The standard InChI is InChI=1S/C34H40F3N7O5/c1-2-3-9-26(30(46)44-27(10-6-17-42-33(40)41)31(47)49-32(48)34(35,36)37)43-29(45)25(18-20-11-13-22(14-12-20)28(38)39)24-16-15-21-7-4-5-8-23(21)19-24/h4-5,7-8,11-16,19,25-27H,2-3,6,9-10,17-18H2,1H3,(H3,38,39)(H,43,45)(H,44,46)(H4,40,41,42)/t25-,26-,27-/m0/s1. The minimum Gasteiger partial charge on any atom is -0.385 e. The Bertz CT molecular complexity index is 1670. The van der Waals surface area contributed by atoms with E-state index in [9.17, 15) is 32.3 Å². The summed E-state index contributed by atoms with van der Waals surface area (Å²) < 4.78 is 42.5. The molecule has 0 saturated heterocycles. The van der Waals surface area contributed by atoms with Gasteiger partial charge in [0.2, 0.25) is 11.8 Å². The molecule has 0 aliphatic heterocycles. The second-order valence-electron chi connectivity index (χ2n) is 11.4. The highest BCUT2D eigenvalue weighted by Crippen LogP contribution is 2.26. The number of amidine groups is 1. The molecular formula is C34H40F3N7O5. The van der Waals surface area contributed by atoms with Gasteiger partial charge in [-0.25, -0.2) is 9.59 Å². The van der Waals surface area contributed by atoms with Crippen molar-refractivity contribution in [3.05, 3.63) is 83.4 Å². The summed E-state index contributed by atoms with van der Waals surface area (Å²) in [6, 6.07) is 17.1. The molecule has 3 aromatic carbocycles. The molecule has 3 rings (SSSR count). The molecule has 0 bridgehead atoms. The Balaban J connectivity index is 1.90. The van der Waals surface area contributed by atoms with Crippen LogP contribution in [0.3, 0.4) is 0 Å². The summed E-state index contributed by atoms with van der Waals surface area (Å²) in [6.07, 6.45) is -4.19. The topological polar surface area (TPSA) is 216 Å². The number of nitrogen functional groups attached to an aromatic ring is 1. The van der Waals surface area contributed by atoms with E-state index >= 15 is 0 Å². The minimum absolute atomic E-state index is 0.0218. The van der Waals surface area contributed by atoms with E-state index in [4.69, 9.17) is 22.6 Å². The summed E-state index contributed by atoms with van der Waals surface area (Å²) in [5.74, 6) is -6.88. The van der Waals surface area contributed by atoms with E-state index < -0.39 is 47.9 Å². The number of ether oxygens (including phenoxy) is 1. The van der Waals surface area contributed by atoms with Crippen LogP contribution >= 0.6 is 0 Å². The zero-order valence-corrected chi connectivity index (χ0v) is 26.9. The van der Waals surface area contributed by atoms with Crippen LogP contribution in [0.2, 0.25) is 0 Å². The summed E-state index contributed by atoms with van der Waals surface area (Å²) in [5, 5.41) is 14.6. The molecule has 0 saturated carbocycles. The minimum atomic E-state index is -5.44. The summed E-state index contributed by atoms with van der Waals surface area (Å²) in [7, 11) is 0. The Morgan fingerprint density at radius 2 is 1.49 bits per heavy atom. The maximum atomic E-state index is 14.0. The van der Waals surface area contributed by atoms with Crippen molar-refractivity contribution in [1.82, 2.24) is 10.6 Å². The molecule has 3 atom stereocenters. The highest BCUT2D eigenvalue weighted by atomic mass is 19.4. The van der Waals surface area contributed by atoms with Gasteiger partial charge in [-0.2, -0.15) is 13.2 Å². The van der Waals surface area contributed by atoms with E-state index in [2.05, 4.69) is 20.4 Å². The predicted molar refractivity (Wildman–Crippen MR) is 178 cm³/mol. The SMILES string of the molecule is CCCC[C@H](NC(=O)[C@@H](Cc1ccc(C(=N)N)cc1)c1ccc2ccccc2c1)C(=O)N[C@@H](CCCN=C(N)N)C(=O)OC(=O)C(F)(F)F. The van der Waals surface area contributed by atoms with Crippen LogP contribution in [0, 0.1) is 5.41 Å². The van der Waals surface area contributed by atoms with Crippen LogP contribution < -0.4 is 27.8 Å². The number of halogens is 3. The summed E-state index contributed by atoms with van der Waals surface area (Å²) in [4.78, 5) is 55.4. The van der Waals surface area contributed by atoms with Crippen molar-refractivity contribution in [3.8, 4) is 0 Å². The molecule has 9 N–H and O–H groups in total.